The molecule has 4 nitrogen and oxygen atoms in total. The first-order valence-corrected chi connectivity index (χ1v) is 14.0. The highest BCUT2D eigenvalue weighted by molar-refractivity contribution is 5.69. The van der Waals surface area contributed by atoms with E-state index in [0.717, 1.165) is 18.8 Å². The standard InChI is InChI=1S/C28H56O4/c1-3-26(2)22-20-18-16-14-12-10-8-6-4-5-7-9-11-13-15-17-19-21-23-28(31)32-27(24-29)25-30/h26-27,29-30H,3-25H2,1-2H3. The van der Waals surface area contributed by atoms with E-state index in [2.05, 4.69) is 13.8 Å². The normalized spacial score (nSPS) is 12.4. The van der Waals surface area contributed by atoms with E-state index in [1.807, 2.05) is 0 Å². The Kier molecular flexibility index (Phi) is 24.5. The van der Waals surface area contributed by atoms with Crippen LogP contribution in [0.3, 0.4) is 0 Å². The van der Waals surface area contributed by atoms with E-state index in [4.69, 9.17) is 14.9 Å². The lowest BCUT2D eigenvalue weighted by Gasteiger charge is -2.12. The van der Waals surface area contributed by atoms with Crippen LogP contribution in [-0.2, 0) is 9.53 Å². The van der Waals surface area contributed by atoms with Gasteiger partial charge in [0.15, 0.2) is 0 Å². The van der Waals surface area contributed by atoms with Crippen LogP contribution in [-0.4, -0.2) is 35.5 Å². The fraction of sp³-hybridized carbons (Fsp3) is 0.964. The van der Waals surface area contributed by atoms with Gasteiger partial charge in [-0.15, -0.1) is 0 Å². The van der Waals surface area contributed by atoms with Crippen LogP contribution in [0, 0.1) is 5.92 Å². The van der Waals surface area contributed by atoms with Crippen molar-refractivity contribution < 1.29 is 19.7 Å². The number of rotatable bonds is 25. The lowest BCUT2D eigenvalue weighted by molar-refractivity contribution is -0.153. The van der Waals surface area contributed by atoms with E-state index >= 15 is 0 Å². The Morgan fingerprint density at radius 1 is 0.625 bits per heavy atom. The Balaban J connectivity index is 3.16. The van der Waals surface area contributed by atoms with Crippen molar-refractivity contribution in [2.24, 2.45) is 5.92 Å². The summed E-state index contributed by atoms with van der Waals surface area (Å²) in [5, 5.41) is 17.8. The molecule has 1 atom stereocenters. The molecule has 0 aliphatic heterocycles. The summed E-state index contributed by atoms with van der Waals surface area (Å²) in [7, 11) is 0. The number of ether oxygens (including phenoxy) is 1. The summed E-state index contributed by atoms with van der Waals surface area (Å²) in [4.78, 5) is 11.5. The molecule has 0 aromatic heterocycles. The summed E-state index contributed by atoms with van der Waals surface area (Å²) in [6.45, 7) is 4.04. The van der Waals surface area contributed by atoms with Crippen molar-refractivity contribution >= 4 is 5.97 Å². The molecule has 32 heavy (non-hydrogen) atoms. The maximum absolute atomic E-state index is 11.5. The largest absolute Gasteiger partial charge is 0.457 e. The van der Waals surface area contributed by atoms with Crippen molar-refractivity contribution in [1.82, 2.24) is 0 Å². The second kappa shape index (κ2) is 25.0. The Hall–Kier alpha value is -0.610. The van der Waals surface area contributed by atoms with Crippen molar-refractivity contribution in [1.29, 1.82) is 0 Å². The van der Waals surface area contributed by atoms with Gasteiger partial charge >= 0.3 is 5.97 Å². The maximum atomic E-state index is 11.5. The van der Waals surface area contributed by atoms with Crippen LogP contribution in [0.15, 0.2) is 0 Å². The molecule has 0 amide bonds. The number of aliphatic hydroxyl groups excluding tert-OH is 2. The highest BCUT2D eigenvalue weighted by Gasteiger charge is 2.11. The third-order valence-electron chi connectivity index (χ3n) is 6.73. The second-order valence-electron chi connectivity index (χ2n) is 9.89. The highest BCUT2D eigenvalue weighted by atomic mass is 16.6. The van der Waals surface area contributed by atoms with E-state index < -0.39 is 6.10 Å². The summed E-state index contributed by atoms with van der Waals surface area (Å²) in [6, 6.07) is 0. The monoisotopic (exact) mass is 456 g/mol. The molecule has 0 aromatic rings. The minimum Gasteiger partial charge on any atom is -0.457 e. The van der Waals surface area contributed by atoms with Gasteiger partial charge in [-0.2, -0.15) is 0 Å². The Morgan fingerprint density at radius 2 is 0.969 bits per heavy atom. The number of unbranched alkanes of at least 4 members (excludes halogenated alkanes) is 17. The second-order valence-corrected chi connectivity index (χ2v) is 9.89. The zero-order valence-electron chi connectivity index (χ0n) is 21.6. The molecule has 4 heteroatoms. The molecule has 0 aliphatic carbocycles. The van der Waals surface area contributed by atoms with E-state index in [-0.39, 0.29) is 19.2 Å². The molecule has 0 saturated heterocycles. The minimum absolute atomic E-state index is 0.314. The van der Waals surface area contributed by atoms with Crippen molar-refractivity contribution in [3.05, 3.63) is 0 Å². The maximum Gasteiger partial charge on any atom is 0.306 e. The van der Waals surface area contributed by atoms with Crippen molar-refractivity contribution in [3.63, 3.8) is 0 Å². The van der Waals surface area contributed by atoms with Gasteiger partial charge < -0.3 is 14.9 Å². The van der Waals surface area contributed by atoms with Crippen LogP contribution in [0.5, 0.6) is 0 Å². The van der Waals surface area contributed by atoms with Crippen LogP contribution in [0.2, 0.25) is 0 Å². The van der Waals surface area contributed by atoms with Gasteiger partial charge in [0.2, 0.25) is 0 Å². The van der Waals surface area contributed by atoms with Gasteiger partial charge in [-0.05, 0) is 12.3 Å². The smallest absolute Gasteiger partial charge is 0.306 e. The molecular formula is C28H56O4. The van der Waals surface area contributed by atoms with E-state index in [1.54, 1.807) is 0 Å². The van der Waals surface area contributed by atoms with Crippen LogP contribution in [0.1, 0.15) is 149 Å². The molecule has 0 radical (unpaired) electrons. The molecule has 0 bridgehead atoms. The summed E-state index contributed by atoms with van der Waals surface area (Å²) in [6.07, 6.45) is 26.4. The molecule has 0 saturated carbocycles. The highest BCUT2D eigenvalue weighted by Crippen LogP contribution is 2.16. The molecule has 0 aromatic carbocycles. The molecule has 0 fully saturated rings. The first-order chi connectivity index (χ1) is 15.6. The van der Waals surface area contributed by atoms with Gasteiger partial charge in [-0.25, -0.2) is 0 Å². The van der Waals surface area contributed by atoms with Gasteiger partial charge in [0.25, 0.3) is 0 Å². The van der Waals surface area contributed by atoms with E-state index in [0.29, 0.717) is 6.42 Å². The number of carbonyl (C=O) groups is 1. The first-order valence-electron chi connectivity index (χ1n) is 14.0. The predicted molar refractivity (Wildman–Crippen MR) is 136 cm³/mol. The number of aliphatic hydroxyl groups is 2. The summed E-state index contributed by atoms with van der Waals surface area (Å²) in [5.74, 6) is 0.607. The molecule has 0 aliphatic rings. The topological polar surface area (TPSA) is 66.8 Å². The Morgan fingerprint density at radius 3 is 1.31 bits per heavy atom. The number of hydrogen-bond donors (Lipinski definition) is 2. The fourth-order valence-corrected chi connectivity index (χ4v) is 4.17. The molecule has 0 rings (SSSR count). The minimum atomic E-state index is -0.762. The third-order valence-corrected chi connectivity index (χ3v) is 6.73. The molecule has 0 spiro atoms. The molecule has 1 unspecified atom stereocenters. The first kappa shape index (κ1) is 31.4. The van der Waals surface area contributed by atoms with Crippen LogP contribution < -0.4 is 0 Å². The zero-order valence-corrected chi connectivity index (χ0v) is 21.6. The van der Waals surface area contributed by atoms with Crippen molar-refractivity contribution in [3.8, 4) is 0 Å². The summed E-state index contributed by atoms with van der Waals surface area (Å²) in [5.41, 5.74) is 0. The van der Waals surface area contributed by atoms with E-state index in [9.17, 15) is 4.79 Å². The average molecular weight is 457 g/mol. The number of esters is 1. The summed E-state index contributed by atoms with van der Waals surface area (Å²) >= 11 is 0. The van der Waals surface area contributed by atoms with Crippen LogP contribution in [0.25, 0.3) is 0 Å². The van der Waals surface area contributed by atoms with Crippen molar-refractivity contribution in [2.45, 2.75) is 155 Å². The molecular weight excluding hydrogens is 400 g/mol. The number of hydrogen-bond acceptors (Lipinski definition) is 4. The van der Waals surface area contributed by atoms with E-state index in [1.165, 1.54) is 116 Å². The van der Waals surface area contributed by atoms with Gasteiger partial charge in [-0.3, -0.25) is 4.79 Å². The third kappa shape index (κ3) is 22.6. The number of carbonyl (C=O) groups excluding carboxylic acids is 1. The van der Waals surface area contributed by atoms with Gasteiger partial charge in [0.1, 0.15) is 6.10 Å². The average Bonchev–Trinajstić information content (AvgIpc) is 2.80. The quantitative estimate of drug-likeness (QED) is 0.109. The SMILES string of the molecule is CCC(C)CCCCCCCCCCCCCCCCCCCCC(=O)OC(CO)CO. The lowest BCUT2D eigenvalue weighted by Crippen LogP contribution is -2.25. The Labute approximate surface area is 199 Å². The Bertz CT molecular complexity index is 382. The zero-order chi connectivity index (χ0) is 23.7. The van der Waals surface area contributed by atoms with Crippen LogP contribution in [0.4, 0.5) is 0 Å². The van der Waals surface area contributed by atoms with Crippen LogP contribution >= 0.6 is 0 Å². The molecule has 2 N–H and O–H groups in total. The summed E-state index contributed by atoms with van der Waals surface area (Å²) < 4.78 is 4.96. The molecule has 0 heterocycles. The van der Waals surface area contributed by atoms with Gasteiger partial charge in [0.05, 0.1) is 13.2 Å². The van der Waals surface area contributed by atoms with Gasteiger partial charge in [-0.1, -0.05) is 136 Å². The fourth-order valence-electron chi connectivity index (χ4n) is 4.17. The van der Waals surface area contributed by atoms with Gasteiger partial charge in [0, 0.05) is 6.42 Å². The predicted octanol–water partition coefficient (Wildman–Crippen LogP) is 7.73. The van der Waals surface area contributed by atoms with Crippen molar-refractivity contribution in [2.75, 3.05) is 13.2 Å². The molecule has 192 valence electrons. The lowest BCUT2D eigenvalue weighted by atomic mass is 9.99.